The molecule has 0 aliphatic heterocycles. The number of rotatable bonds is 2. The van der Waals surface area contributed by atoms with Crippen molar-refractivity contribution in [2.45, 2.75) is 0 Å². The van der Waals surface area contributed by atoms with Gasteiger partial charge in [-0.25, -0.2) is 4.39 Å². The summed E-state index contributed by atoms with van der Waals surface area (Å²) in [6, 6.07) is 12.0. The third-order valence-electron chi connectivity index (χ3n) is 2.95. The standard InChI is InChI=1S/C15H11FN2O2/c16-10-1-6-13-9(7-10)8-14(18-13)15(20)17-11-2-4-12(19)5-3-11/h1-8,18-19H,(H,17,20). The van der Waals surface area contributed by atoms with Gasteiger partial charge in [0.25, 0.3) is 5.91 Å². The van der Waals surface area contributed by atoms with Gasteiger partial charge >= 0.3 is 0 Å². The van der Waals surface area contributed by atoms with Crippen LogP contribution in [0.3, 0.4) is 0 Å². The molecule has 0 saturated carbocycles. The van der Waals surface area contributed by atoms with E-state index in [2.05, 4.69) is 10.3 Å². The van der Waals surface area contributed by atoms with E-state index in [1.807, 2.05) is 0 Å². The van der Waals surface area contributed by atoms with Gasteiger partial charge in [0.05, 0.1) is 0 Å². The summed E-state index contributed by atoms with van der Waals surface area (Å²) < 4.78 is 13.1. The molecular weight excluding hydrogens is 259 g/mol. The summed E-state index contributed by atoms with van der Waals surface area (Å²) in [7, 11) is 0. The van der Waals surface area contributed by atoms with Gasteiger partial charge in [-0.15, -0.1) is 0 Å². The number of carbonyl (C=O) groups excluding carboxylic acids is 1. The highest BCUT2D eigenvalue weighted by atomic mass is 19.1. The molecule has 0 aliphatic rings. The summed E-state index contributed by atoms with van der Waals surface area (Å²) in [6.07, 6.45) is 0. The molecule has 0 bridgehead atoms. The Morgan fingerprint density at radius 3 is 2.60 bits per heavy atom. The maximum absolute atomic E-state index is 13.1. The van der Waals surface area contributed by atoms with Crippen LogP contribution in [0.25, 0.3) is 10.9 Å². The van der Waals surface area contributed by atoms with Crippen LogP contribution in [0, 0.1) is 5.82 Å². The van der Waals surface area contributed by atoms with Crippen LogP contribution in [0.15, 0.2) is 48.5 Å². The summed E-state index contributed by atoms with van der Waals surface area (Å²) in [5.74, 6) is -0.543. The van der Waals surface area contributed by atoms with E-state index >= 15 is 0 Å². The number of phenolic OH excluding ortho intramolecular Hbond substituents is 1. The predicted molar refractivity (Wildman–Crippen MR) is 74.3 cm³/mol. The number of hydrogen-bond donors (Lipinski definition) is 3. The average Bonchev–Trinajstić information content (AvgIpc) is 2.84. The molecule has 0 spiro atoms. The van der Waals surface area contributed by atoms with Gasteiger partial charge < -0.3 is 15.4 Å². The molecule has 5 heteroatoms. The van der Waals surface area contributed by atoms with Gasteiger partial charge in [-0.2, -0.15) is 0 Å². The van der Waals surface area contributed by atoms with Crippen LogP contribution >= 0.6 is 0 Å². The fourth-order valence-corrected chi connectivity index (χ4v) is 1.97. The van der Waals surface area contributed by atoms with E-state index in [1.165, 1.54) is 24.3 Å². The number of aromatic nitrogens is 1. The monoisotopic (exact) mass is 270 g/mol. The third kappa shape index (κ3) is 2.33. The normalized spacial score (nSPS) is 10.7. The molecule has 100 valence electrons. The molecule has 1 aromatic heterocycles. The third-order valence-corrected chi connectivity index (χ3v) is 2.95. The number of hydrogen-bond acceptors (Lipinski definition) is 2. The lowest BCUT2D eigenvalue weighted by molar-refractivity contribution is 0.102. The molecule has 20 heavy (non-hydrogen) atoms. The van der Waals surface area contributed by atoms with E-state index in [0.717, 1.165) is 0 Å². The first kappa shape index (κ1) is 12.2. The van der Waals surface area contributed by atoms with Crippen LogP contribution in [0.5, 0.6) is 5.75 Å². The van der Waals surface area contributed by atoms with Crippen molar-refractivity contribution in [3.63, 3.8) is 0 Å². The number of H-pyrrole nitrogens is 1. The number of benzene rings is 2. The Labute approximate surface area is 113 Å². The SMILES string of the molecule is O=C(Nc1ccc(O)cc1)c1cc2cc(F)ccc2[nH]1. The Morgan fingerprint density at radius 2 is 1.85 bits per heavy atom. The summed E-state index contributed by atoms with van der Waals surface area (Å²) in [4.78, 5) is 15.0. The number of aromatic hydroxyl groups is 1. The average molecular weight is 270 g/mol. The highest BCUT2D eigenvalue weighted by Crippen LogP contribution is 2.18. The molecule has 2 aromatic carbocycles. The van der Waals surface area contributed by atoms with E-state index < -0.39 is 0 Å². The zero-order chi connectivity index (χ0) is 14.1. The summed E-state index contributed by atoms with van der Waals surface area (Å²) in [5.41, 5.74) is 1.61. The molecule has 0 radical (unpaired) electrons. The summed E-state index contributed by atoms with van der Waals surface area (Å²) in [6.45, 7) is 0. The molecular formula is C15H11FN2O2. The number of anilines is 1. The van der Waals surface area contributed by atoms with Gasteiger partial charge in [-0.1, -0.05) is 0 Å². The minimum atomic E-state index is -0.345. The van der Waals surface area contributed by atoms with Crippen LogP contribution in [0.4, 0.5) is 10.1 Å². The van der Waals surface area contributed by atoms with Gasteiger partial charge in [0.1, 0.15) is 17.3 Å². The second-order valence-corrected chi connectivity index (χ2v) is 4.42. The molecule has 1 heterocycles. The number of carbonyl (C=O) groups is 1. The number of amides is 1. The van der Waals surface area contributed by atoms with Crippen molar-refractivity contribution in [1.82, 2.24) is 4.98 Å². The van der Waals surface area contributed by atoms with E-state index in [9.17, 15) is 14.3 Å². The second kappa shape index (κ2) is 4.70. The molecule has 0 fully saturated rings. The minimum absolute atomic E-state index is 0.129. The van der Waals surface area contributed by atoms with Gasteiger partial charge in [-0.05, 0) is 48.5 Å². The highest BCUT2D eigenvalue weighted by molar-refractivity contribution is 6.05. The van der Waals surface area contributed by atoms with E-state index in [0.29, 0.717) is 22.3 Å². The summed E-state index contributed by atoms with van der Waals surface area (Å²) >= 11 is 0. The Morgan fingerprint density at radius 1 is 1.10 bits per heavy atom. The fraction of sp³-hybridized carbons (Fsp3) is 0. The van der Waals surface area contributed by atoms with Crippen LogP contribution in [0.2, 0.25) is 0 Å². The van der Waals surface area contributed by atoms with E-state index in [-0.39, 0.29) is 17.5 Å². The van der Waals surface area contributed by atoms with E-state index in [1.54, 1.807) is 24.3 Å². The van der Waals surface area contributed by atoms with Crippen molar-refractivity contribution in [2.75, 3.05) is 5.32 Å². The number of fused-ring (bicyclic) bond motifs is 1. The van der Waals surface area contributed by atoms with Crippen LogP contribution in [-0.4, -0.2) is 16.0 Å². The minimum Gasteiger partial charge on any atom is -0.508 e. The van der Waals surface area contributed by atoms with Gasteiger partial charge in [0.2, 0.25) is 0 Å². The van der Waals surface area contributed by atoms with Crippen molar-refractivity contribution in [3.8, 4) is 5.75 Å². The Kier molecular flexibility index (Phi) is 2.87. The number of nitrogens with one attached hydrogen (secondary N) is 2. The topological polar surface area (TPSA) is 65.1 Å². The molecule has 3 N–H and O–H groups in total. The summed E-state index contributed by atoms with van der Waals surface area (Å²) in [5, 5.41) is 12.5. The van der Waals surface area contributed by atoms with E-state index in [4.69, 9.17) is 0 Å². The predicted octanol–water partition coefficient (Wildman–Crippen LogP) is 3.26. The Bertz CT molecular complexity index is 778. The van der Waals surface area contributed by atoms with Crippen molar-refractivity contribution >= 4 is 22.5 Å². The zero-order valence-electron chi connectivity index (χ0n) is 10.4. The molecule has 0 unspecified atom stereocenters. The lowest BCUT2D eigenvalue weighted by Gasteiger charge is -2.03. The molecule has 1 amide bonds. The molecule has 0 saturated heterocycles. The highest BCUT2D eigenvalue weighted by Gasteiger charge is 2.10. The van der Waals surface area contributed by atoms with Crippen molar-refractivity contribution < 1.29 is 14.3 Å². The zero-order valence-corrected chi connectivity index (χ0v) is 10.4. The largest absolute Gasteiger partial charge is 0.508 e. The molecule has 4 nitrogen and oxygen atoms in total. The Hall–Kier alpha value is -2.82. The quantitative estimate of drug-likeness (QED) is 0.626. The number of aromatic amines is 1. The fourth-order valence-electron chi connectivity index (χ4n) is 1.97. The number of phenols is 1. The first-order valence-electron chi connectivity index (χ1n) is 6.00. The van der Waals surface area contributed by atoms with Crippen molar-refractivity contribution in [3.05, 3.63) is 60.0 Å². The van der Waals surface area contributed by atoms with Crippen molar-refractivity contribution in [1.29, 1.82) is 0 Å². The maximum atomic E-state index is 13.1. The smallest absolute Gasteiger partial charge is 0.272 e. The first-order valence-corrected chi connectivity index (χ1v) is 6.00. The van der Waals surface area contributed by atoms with Crippen LogP contribution < -0.4 is 5.32 Å². The van der Waals surface area contributed by atoms with Crippen LogP contribution in [-0.2, 0) is 0 Å². The number of halogens is 1. The molecule has 0 atom stereocenters. The maximum Gasteiger partial charge on any atom is 0.272 e. The van der Waals surface area contributed by atoms with Gasteiger partial charge in [0, 0.05) is 16.6 Å². The lowest BCUT2D eigenvalue weighted by Crippen LogP contribution is -2.11. The molecule has 3 rings (SSSR count). The Balaban J connectivity index is 1.86. The van der Waals surface area contributed by atoms with Crippen molar-refractivity contribution in [2.24, 2.45) is 0 Å². The van der Waals surface area contributed by atoms with Crippen LogP contribution in [0.1, 0.15) is 10.5 Å². The van der Waals surface area contributed by atoms with Gasteiger partial charge in [0.15, 0.2) is 0 Å². The van der Waals surface area contributed by atoms with Gasteiger partial charge in [-0.3, -0.25) is 4.79 Å². The molecule has 3 aromatic rings. The second-order valence-electron chi connectivity index (χ2n) is 4.42. The lowest BCUT2D eigenvalue weighted by atomic mass is 10.2. The first-order chi connectivity index (χ1) is 9.61. The molecule has 0 aliphatic carbocycles.